The molecular formula is C17H21NO2. The van der Waals surface area contributed by atoms with E-state index in [2.05, 4.69) is 41.7 Å². The van der Waals surface area contributed by atoms with E-state index in [1.54, 1.807) is 14.2 Å². The highest BCUT2D eigenvalue weighted by molar-refractivity contribution is 5.51. The fourth-order valence-electron chi connectivity index (χ4n) is 2.09. The maximum atomic E-state index is 5.21. The third-order valence-electron chi connectivity index (χ3n) is 3.13. The van der Waals surface area contributed by atoms with Crippen molar-refractivity contribution >= 4 is 5.69 Å². The van der Waals surface area contributed by atoms with Gasteiger partial charge in [0, 0.05) is 32.0 Å². The topological polar surface area (TPSA) is 30.5 Å². The molecule has 0 aromatic heterocycles. The minimum absolute atomic E-state index is 0.621. The van der Waals surface area contributed by atoms with E-state index in [1.807, 2.05) is 12.1 Å². The standard InChI is InChI=1S/C17H21NO2/c1-19-12-15-9-7-14(8-10-15)11-18-17-6-4-3-5-16(17)13-20-2/h3-10,18H,11-13H2,1-2H3. The van der Waals surface area contributed by atoms with E-state index < -0.39 is 0 Å². The van der Waals surface area contributed by atoms with Crippen molar-refractivity contribution in [2.45, 2.75) is 19.8 Å². The molecule has 0 spiro atoms. The van der Waals surface area contributed by atoms with Crippen molar-refractivity contribution < 1.29 is 9.47 Å². The van der Waals surface area contributed by atoms with Gasteiger partial charge in [0.2, 0.25) is 0 Å². The van der Waals surface area contributed by atoms with E-state index in [4.69, 9.17) is 9.47 Å². The molecular weight excluding hydrogens is 250 g/mol. The van der Waals surface area contributed by atoms with Crippen LogP contribution in [0.2, 0.25) is 0 Å². The van der Waals surface area contributed by atoms with Crippen LogP contribution in [-0.2, 0) is 29.2 Å². The number of para-hydroxylation sites is 1. The van der Waals surface area contributed by atoms with Gasteiger partial charge in [-0.05, 0) is 17.2 Å². The molecule has 0 unspecified atom stereocenters. The molecule has 0 radical (unpaired) electrons. The van der Waals surface area contributed by atoms with E-state index in [1.165, 1.54) is 16.7 Å². The Morgan fingerprint density at radius 3 is 2.15 bits per heavy atom. The second-order valence-corrected chi connectivity index (χ2v) is 4.69. The maximum absolute atomic E-state index is 5.21. The highest BCUT2D eigenvalue weighted by Gasteiger charge is 2.01. The maximum Gasteiger partial charge on any atom is 0.0733 e. The summed E-state index contributed by atoms with van der Waals surface area (Å²) in [6.07, 6.45) is 0. The summed E-state index contributed by atoms with van der Waals surface area (Å²) in [7, 11) is 3.42. The fourth-order valence-corrected chi connectivity index (χ4v) is 2.09. The van der Waals surface area contributed by atoms with Gasteiger partial charge in [0.25, 0.3) is 0 Å². The number of nitrogens with one attached hydrogen (secondary N) is 1. The van der Waals surface area contributed by atoms with Crippen molar-refractivity contribution in [3.8, 4) is 0 Å². The van der Waals surface area contributed by atoms with Gasteiger partial charge in [0.1, 0.15) is 0 Å². The van der Waals surface area contributed by atoms with Crippen LogP contribution in [0.1, 0.15) is 16.7 Å². The number of anilines is 1. The molecule has 3 heteroatoms. The highest BCUT2D eigenvalue weighted by atomic mass is 16.5. The molecule has 0 heterocycles. The van der Waals surface area contributed by atoms with Crippen molar-refractivity contribution in [1.82, 2.24) is 0 Å². The summed E-state index contributed by atoms with van der Waals surface area (Å²) < 4.78 is 10.3. The molecule has 0 saturated carbocycles. The third kappa shape index (κ3) is 4.08. The minimum atomic E-state index is 0.621. The lowest BCUT2D eigenvalue weighted by molar-refractivity contribution is 0.185. The van der Waals surface area contributed by atoms with Gasteiger partial charge in [0.15, 0.2) is 0 Å². The lowest BCUT2D eigenvalue weighted by Gasteiger charge is -2.12. The Hall–Kier alpha value is -1.84. The lowest BCUT2D eigenvalue weighted by Crippen LogP contribution is -2.03. The Bertz CT molecular complexity index is 523. The van der Waals surface area contributed by atoms with Crippen LogP contribution in [0, 0.1) is 0 Å². The highest BCUT2D eigenvalue weighted by Crippen LogP contribution is 2.17. The summed E-state index contributed by atoms with van der Waals surface area (Å²) in [5.41, 5.74) is 4.73. The molecule has 0 atom stereocenters. The second-order valence-electron chi connectivity index (χ2n) is 4.69. The van der Waals surface area contributed by atoms with Crippen LogP contribution >= 0.6 is 0 Å². The van der Waals surface area contributed by atoms with Gasteiger partial charge < -0.3 is 14.8 Å². The summed E-state index contributed by atoms with van der Waals surface area (Å²) in [6.45, 7) is 2.08. The summed E-state index contributed by atoms with van der Waals surface area (Å²) in [4.78, 5) is 0. The fraction of sp³-hybridized carbons (Fsp3) is 0.294. The Labute approximate surface area is 120 Å². The van der Waals surface area contributed by atoms with Crippen molar-refractivity contribution in [3.05, 3.63) is 65.2 Å². The number of ether oxygens (including phenoxy) is 2. The largest absolute Gasteiger partial charge is 0.381 e. The summed E-state index contributed by atoms with van der Waals surface area (Å²) >= 11 is 0. The van der Waals surface area contributed by atoms with Crippen LogP contribution in [0.15, 0.2) is 48.5 Å². The molecule has 0 saturated heterocycles. The summed E-state index contributed by atoms with van der Waals surface area (Å²) in [5.74, 6) is 0. The molecule has 0 bridgehead atoms. The minimum Gasteiger partial charge on any atom is -0.381 e. The zero-order chi connectivity index (χ0) is 14.2. The monoisotopic (exact) mass is 271 g/mol. The molecule has 0 aliphatic rings. The van der Waals surface area contributed by atoms with Gasteiger partial charge in [-0.1, -0.05) is 42.5 Å². The first-order valence-electron chi connectivity index (χ1n) is 6.71. The molecule has 0 fully saturated rings. The predicted octanol–water partition coefficient (Wildman–Crippen LogP) is 3.59. The first-order valence-corrected chi connectivity index (χ1v) is 6.71. The van der Waals surface area contributed by atoms with E-state index in [9.17, 15) is 0 Å². The predicted molar refractivity (Wildman–Crippen MR) is 81.6 cm³/mol. The normalized spacial score (nSPS) is 10.5. The van der Waals surface area contributed by atoms with Crippen LogP contribution in [0.25, 0.3) is 0 Å². The molecule has 3 nitrogen and oxygen atoms in total. The van der Waals surface area contributed by atoms with Gasteiger partial charge in [-0.25, -0.2) is 0 Å². The number of hydrogen-bond donors (Lipinski definition) is 1. The second kappa shape index (κ2) is 7.68. The van der Waals surface area contributed by atoms with Crippen molar-refractivity contribution in [1.29, 1.82) is 0 Å². The van der Waals surface area contributed by atoms with E-state index in [0.29, 0.717) is 13.2 Å². The molecule has 20 heavy (non-hydrogen) atoms. The lowest BCUT2D eigenvalue weighted by atomic mass is 10.1. The SMILES string of the molecule is COCc1ccc(CNc2ccccc2COC)cc1. The Balaban J connectivity index is 1.97. The van der Waals surface area contributed by atoms with Crippen molar-refractivity contribution in [3.63, 3.8) is 0 Å². The van der Waals surface area contributed by atoms with Gasteiger partial charge in [-0.2, -0.15) is 0 Å². The Morgan fingerprint density at radius 1 is 0.800 bits per heavy atom. The van der Waals surface area contributed by atoms with E-state index in [-0.39, 0.29) is 0 Å². The van der Waals surface area contributed by atoms with E-state index in [0.717, 1.165) is 12.2 Å². The summed E-state index contributed by atoms with van der Waals surface area (Å²) in [5, 5.41) is 3.45. The van der Waals surface area contributed by atoms with Gasteiger partial charge in [0.05, 0.1) is 13.2 Å². The number of benzene rings is 2. The molecule has 0 amide bonds. The number of rotatable bonds is 7. The van der Waals surface area contributed by atoms with Crippen molar-refractivity contribution in [2.24, 2.45) is 0 Å². The van der Waals surface area contributed by atoms with Gasteiger partial charge in [-0.3, -0.25) is 0 Å². The first-order chi connectivity index (χ1) is 9.83. The van der Waals surface area contributed by atoms with Crippen LogP contribution in [0.4, 0.5) is 5.69 Å². The van der Waals surface area contributed by atoms with Gasteiger partial charge >= 0.3 is 0 Å². The zero-order valence-corrected chi connectivity index (χ0v) is 12.1. The molecule has 106 valence electrons. The Kier molecular flexibility index (Phi) is 5.59. The van der Waals surface area contributed by atoms with Crippen LogP contribution < -0.4 is 5.32 Å². The molecule has 2 rings (SSSR count). The van der Waals surface area contributed by atoms with Crippen LogP contribution in [0.3, 0.4) is 0 Å². The Morgan fingerprint density at radius 2 is 1.45 bits per heavy atom. The average molecular weight is 271 g/mol. The van der Waals surface area contributed by atoms with Gasteiger partial charge in [-0.15, -0.1) is 0 Å². The molecule has 0 aliphatic heterocycles. The van der Waals surface area contributed by atoms with Crippen LogP contribution in [0.5, 0.6) is 0 Å². The van der Waals surface area contributed by atoms with Crippen molar-refractivity contribution in [2.75, 3.05) is 19.5 Å². The zero-order valence-electron chi connectivity index (χ0n) is 12.1. The number of hydrogen-bond acceptors (Lipinski definition) is 3. The smallest absolute Gasteiger partial charge is 0.0733 e. The average Bonchev–Trinajstić information content (AvgIpc) is 2.48. The van der Waals surface area contributed by atoms with E-state index >= 15 is 0 Å². The first kappa shape index (κ1) is 14.6. The molecule has 2 aromatic carbocycles. The van der Waals surface area contributed by atoms with Crippen LogP contribution in [-0.4, -0.2) is 14.2 Å². The molecule has 1 N–H and O–H groups in total. The molecule has 2 aromatic rings. The third-order valence-corrected chi connectivity index (χ3v) is 3.13. The quantitative estimate of drug-likeness (QED) is 0.834. The number of methoxy groups -OCH3 is 2. The summed E-state index contributed by atoms with van der Waals surface area (Å²) in [6, 6.07) is 16.7. The molecule has 0 aliphatic carbocycles.